The van der Waals surface area contributed by atoms with Gasteiger partial charge in [-0.1, -0.05) is 18.2 Å². The molecule has 0 unspecified atom stereocenters. The van der Waals surface area contributed by atoms with Gasteiger partial charge in [-0.25, -0.2) is 13.1 Å². The zero-order valence-electron chi connectivity index (χ0n) is 14.2. The van der Waals surface area contributed by atoms with Crippen LogP contribution >= 0.6 is 0 Å². The van der Waals surface area contributed by atoms with Crippen LogP contribution in [0.25, 0.3) is 5.69 Å². The molecule has 2 N–H and O–H groups in total. The summed E-state index contributed by atoms with van der Waals surface area (Å²) < 4.78 is 24.7. The number of aryl methyl sites for hydroxylation is 1. The predicted octanol–water partition coefficient (Wildman–Crippen LogP) is 2.33. The Kier molecular flexibility index (Phi) is 4.52. The van der Waals surface area contributed by atoms with E-state index in [1.807, 2.05) is 18.2 Å². The summed E-state index contributed by atoms with van der Waals surface area (Å²) in [5.41, 5.74) is 1.37. The lowest BCUT2D eigenvalue weighted by Crippen LogP contribution is -2.17. The molecule has 0 aliphatic heterocycles. The van der Waals surface area contributed by atoms with Crippen molar-refractivity contribution in [3.05, 3.63) is 70.1 Å². The van der Waals surface area contributed by atoms with Crippen molar-refractivity contribution in [3.63, 3.8) is 0 Å². The Balaban J connectivity index is 2.03. The highest BCUT2D eigenvalue weighted by Crippen LogP contribution is 2.29. The number of aromatic hydroxyl groups is 1. The summed E-state index contributed by atoms with van der Waals surface area (Å²) >= 11 is 0. The average molecular weight is 371 g/mol. The summed E-state index contributed by atoms with van der Waals surface area (Å²) in [5, 5.41) is 12.9. The summed E-state index contributed by atoms with van der Waals surface area (Å²) in [6, 6.07) is 12.9. The molecule has 0 atom stereocenters. The normalized spacial score (nSPS) is 11.9. The molecule has 0 aliphatic rings. The third-order valence-electron chi connectivity index (χ3n) is 3.84. The fraction of sp³-hybridized carbons (Fsp3) is 0.111. The number of nitrogens with zero attached hydrogens (tertiary/aromatic N) is 2. The van der Waals surface area contributed by atoms with Crippen molar-refractivity contribution < 1.29 is 13.5 Å². The van der Waals surface area contributed by atoms with E-state index in [0.717, 1.165) is 6.26 Å². The Labute approximate surface area is 150 Å². The van der Waals surface area contributed by atoms with Crippen molar-refractivity contribution in [1.82, 2.24) is 9.78 Å². The molecule has 0 bridgehead atoms. The highest BCUT2D eigenvalue weighted by atomic mass is 32.2. The largest absolute Gasteiger partial charge is 0.506 e. The minimum absolute atomic E-state index is 0.0370. The number of sulfone groups is 1. The quantitative estimate of drug-likeness (QED) is 0.687. The molecule has 2 aromatic carbocycles. The Morgan fingerprint density at radius 3 is 2.50 bits per heavy atom. The van der Waals surface area contributed by atoms with Crippen LogP contribution in [0.4, 0.5) is 5.69 Å². The van der Waals surface area contributed by atoms with E-state index in [2.05, 4.69) is 10.1 Å². The van der Waals surface area contributed by atoms with E-state index in [4.69, 9.17) is 0 Å². The van der Waals surface area contributed by atoms with Crippen LogP contribution in [0.2, 0.25) is 0 Å². The SMILES string of the molecule is Cc1[nH]n(-c2ccccc2)c(=O)c1C=Nc1cc(S(C)(=O)=O)ccc1O. The van der Waals surface area contributed by atoms with Crippen LogP contribution < -0.4 is 5.56 Å². The van der Waals surface area contributed by atoms with Crippen LogP contribution in [0, 0.1) is 6.92 Å². The number of aromatic nitrogens is 2. The second-order valence-corrected chi connectivity index (χ2v) is 7.82. The summed E-state index contributed by atoms with van der Waals surface area (Å²) in [7, 11) is -3.43. The molecule has 7 nitrogen and oxygen atoms in total. The van der Waals surface area contributed by atoms with E-state index >= 15 is 0 Å². The molecule has 0 saturated heterocycles. The first kappa shape index (κ1) is 17.7. The molecule has 0 fully saturated rings. The van der Waals surface area contributed by atoms with Crippen molar-refractivity contribution in [2.24, 2.45) is 4.99 Å². The zero-order chi connectivity index (χ0) is 18.9. The minimum Gasteiger partial charge on any atom is -0.506 e. The maximum Gasteiger partial charge on any atom is 0.280 e. The summed E-state index contributed by atoms with van der Waals surface area (Å²) in [6.07, 6.45) is 2.39. The maximum absolute atomic E-state index is 12.6. The monoisotopic (exact) mass is 371 g/mol. The first-order valence-corrected chi connectivity index (χ1v) is 9.60. The topological polar surface area (TPSA) is 105 Å². The van der Waals surface area contributed by atoms with Crippen LogP contribution in [0.1, 0.15) is 11.3 Å². The molecule has 26 heavy (non-hydrogen) atoms. The number of nitrogens with one attached hydrogen (secondary N) is 1. The summed E-state index contributed by atoms with van der Waals surface area (Å²) in [4.78, 5) is 16.7. The van der Waals surface area contributed by atoms with Crippen LogP contribution in [0.3, 0.4) is 0 Å². The fourth-order valence-electron chi connectivity index (χ4n) is 2.44. The number of aromatic amines is 1. The molecule has 0 saturated carbocycles. The first-order valence-electron chi connectivity index (χ1n) is 7.71. The van der Waals surface area contributed by atoms with Gasteiger partial charge in [0, 0.05) is 18.2 Å². The lowest BCUT2D eigenvalue weighted by atomic mass is 10.2. The lowest BCUT2D eigenvalue weighted by Gasteiger charge is -2.02. The smallest absolute Gasteiger partial charge is 0.280 e. The van der Waals surface area contributed by atoms with Crippen LogP contribution in [-0.4, -0.2) is 35.8 Å². The van der Waals surface area contributed by atoms with Crippen molar-refractivity contribution in [2.75, 3.05) is 6.26 Å². The van der Waals surface area contributed by atoms with E-state index < -0.39 is 9.84 Å². The number of H-pyrrole nitrogens is 1. The van der Waals surface area contributed by atoms with Crippen molar-refractivity contribution in [2.45, 2.75) is 11.8 Å². The number of hydrogen-bond donors (Lipinski definition) is 2. The minimum atomic E-state index is -3.43. The zero-order valence-corrected chi connectivity index (χ0v) is 15.0. The van der Waals surface area contributed by atoms with E-state index in [1.54, 1.807) is 19.1 Å². The van der Waals surface area contributed by atoms with E-state index in [1.165, 1.54) is 29.1 Å². The number of hydrogen-bond acceptors (Lipinski definition) is 5. The highest BCUT2D eigenvalue weighted by molar-refractivity contribution is 7.90. The van der Waals surface area contributed by atoms with Crippen LogP contribution in [-0.2, 0) is 9.84 Å². The van der Waals surface area contributed by atoms with Gasteiger partial charge in [0.2, 0.25) is 0 Å². The van der Waals surface area contributed by atoms with Gasteiger partial charge in [-0.3, -0.25) is 14.9 Å². The number of benzene rings is 2. The Bertz CT molecular complexity index is 1140. The number of aliphatic imine (C=N–C) groups is 1. The highest BCUT2D eigenvalue weighted by Gasteiger charge is 2.12. The van der Waals surface area contributed by atoms with Gasteiger partial charge in [0.05, 0.1) is 16.1 Å². The molecule has 1 aromatic heterocycles. The number of rotatable bonds is 4. The van der Waals surface area contributed by atoms with Gasteiger partial charge in [-0.2, -0.15) is 0 Å². The molecule has 0 amide bonds. The van der Waals surface area contributed by atoms with Gasteiger partial charge in [-0.15, -0.1) is 0 Å². The van der Waals surface area contributed by atoms with Gasteiger partial charge >= 0.3 is 0 Å². The van der Waals surface area contributed by atoms with Crippen molar-refractivity contribution >= 4 is 21.7 Å². The second-order valence-electron chi connectivity index (χ2n) is 5.81. The molecular weight excluding hydrogens is 354 g/mol. The fourth-order valence-corrected chi connectivity index (χ4v) is 3.08. The van der Waals surface area contributed by atoms with E-state index in [0.29, 0.717) is 16.9 Å². The predicted molar refractivity (Wildman–Crippen MR) is 99.6 cm³/mol. The second kappa shape index (κ2) is 6.64. The number of phenolic OH excluding ortho intramolecular Hbond substituents is 1. The standard InChI is InChI=1S/C18H17N3O4S/c1-12-15(18(23)21(20-12)13-6-4-3-5-7-13)11-19-16-10-14(26(2,24)25)8-9-17(16)22/h3-11,20,22H,1-2H3. The molecule has 0 aliphatic carbocycles. The third-order valence-corrected chi connectivity index (χ3v) is 4.95. The molecule has 3 rings (SSSR count). The Morgan fingerprint density at radius 1 is 1.15 bits per heavy atom. The van der Waals surface area contributed by atoms with Gasteiger partial charge < -0.3 is 5.11 Å². The summed E-state index contributed by atoms with van der Waals surface area (Å²) in [5.74, 6) is -0.176. The van der Waals surface area contributed by atoms with Gasteiger partial charge in [0.25, 0.3) is 5.56 Å². The van der Waals surface area contributed by atoms with Crippen molar-refractivity contribution in [3.8, 4) is 11.4 Å². The average Bonchev–Trinajstić information content (AvgIpc) is 2.88. The van der Waals surface area contributed by atoms with Gasteiger partial charge in [0.15, 0.2) is 9.84 Å². The Morgan fingerprint density at radius 2 is 1.85 bits per heavy atom. The van der Waals surface area contributed by atoms with E-state index in [9.17, 15) is 18.3 Å². The van der Waals surface area contributed by atoms with Crippen LogP contribution in [0.5, 0.6) is 5.75 Å². The van der Waals surface area contributed by atoms with Crippen LogP contribution in [0.15, 0.2) is 63.2 Å². The summed E-state index contributed by atoms with van der Waals surface area (Å²) in [6.45, 7) is 1.73. The molecule has 0 spiro atoms. The number of para-hydroxylation sites is 1. The Hall–Kier alpha value is -3.13. The third kappa shape index (κ3) is 3.45. The van der Waals surface area contributed by atoms with Gasteiger partial charge in [0.1, 0.15) is 11.4 Å². The van der Waals surface area contributed by atoms with E-state index in [-0.39, 0.29) is 21.9 Å². The maximum atomic E-state index is 12.6. The molecular formula is C18H17N3O4S. The van der Waals surface area contributed by atoms with Crippen molar-refractivity contribution in [1.29, 1.82) is 0 Å². The molecule has 1 heterocycles. The number of phenols is 1. The first-order chi connectivity index (χ1) is 12.3. The van der Waals surface area contributed by atoms with Gasteiger partial charge in [-0.05, 0) is 37.3 Å². The molecule has 8 heteroatoms. The molecule has 3 aromatic rings. The lowest BCUT2D eigenvalue weighted by molar-refractivity contribution is 0.476. The molecule has 134 valence electrons. The molecule has 0 radical (unpaired) electrons.